The normalized spacial score (nSPS) is 17.7. The van der Waals surface area contributed by atoms with Gasteiger partial charge in [-0.05, 0) is 37.0 Å². The molecule has 7 nitrogen and oxygen atoms in total. The van der Waals surface area contributed by atoms with Gasteiger partial charge in [0.1, 0.15) is 11.9 Å². The predicted octanol–water partition coefficient (Wildman–Crippen LogP) is 3.23. The summed E-state index contributed by atoms with van der Waals surface area (Å²) in [7, 11) is -3.41. The van der Waals surface area contributed by atoms with Crippen LogP contribution in [0.4, 0.5) is 5.82 Å². The fourth-order valence-corrected chi connectivity index (χ4v) is 5.46. The van der Waals surface area contributed by atoms with Crippen molar-refractivity contribution < 1.29 is 13.2 Å². The van der Waals surface area contributed by atoms with Crippen molar-refractivity contribution in [1.82, 2.24) is 14.1 Å². The largest absolute Gasteiger partial charge is 0.309 e. The molecule has 3 rings (SSSR count). The number of nitrogens with one attached hydrogen (secondary N) is 1. The lowest BCUT2D eigenvalue weighted by Gasteiger charge is -2.23. The van der Waals surface area contributed by atoms with Gasteiger partial charge in [0.05, 0.1) is 18.5 Å². The molecule has 1 atom stereocenters. The SMILES string of the molecule is CCCCS(=O)(=O)N1CCCC1C(=O)Nc1ccnn1Cc1ccc(Br)cc1. The van der Waals surface area contributed by atoms with E-state index in [1.54, 1.807) is 16.9 Å². The average molecular weight is 469 g/mol. The van der Waals surface area contributed by atoms with Gasteiger partial charge >= 0.3 is 0 Å². The minimum atomic E-state index is -3.41. The van der Waals surface area contributed by atoms with Crippen LogP contribution in [-0.4, -0.2) is 46.8 Å². The van der Waals surface area contributed by atoms with E-state index >= 15 is 0 Å². The van der Waals surface area contributed by atoms with Crippen LogP contribution in [0, 0.1) is 0 Å². The highest BCUT2D eigenvalue weighted by molar-refractivity contribution is 9.10. The monoisotopic (exact) mass is 468 g/mol. The molecule has 1 N–H and O–H groups in total. The summed E-state index contributed by atoms with van der Waals surface area (Å²) in [6.45, 7) is 2.87. The third kappa shape index (κ3) is 5.01. The number of benzene rings is 1. The summed E-state index contributed by atoms with van der Waals surface area (Å²) in [5.41, 5.74) is 1.05. The first-order chi connectivity index (χ1) is 13.4. The van der Waals surface area contributed by atoms with Crippen LogP contribution in [-0.2, 0) is 21.4 Å². The number of hydrogen-bond acceptors (Lipinski definition) is 4. The van der Waals surface area contributed by atoms with E-state index in [0.717, 1.165) is 16.5 Å². The summed E-state index contributed by atoms with van der Waals surface area (Å²) >= 11 is 3.41. The van der Waals surface area contributed by atoms with Crippen LogP contribution in [0.5, 0.6) is 0 Å². The number of amides is 1. The molecule has 1 saturated heterocycles. The van der Waals surface area contributed by atoms with E-state index in [4.69, 9.17) is 0 Å². The lowest BCUT2D eigenvalue weighted by Crippen LogP contribution is -2.44. The minimum absolute atomic E-state index is 0.0920. The maximum Gasteiger partial charge on any atom is 0.243 e. The molecular weight excluding hydrogens is 444 g/mol. The summed E-state index contributed by atoms with van der Waals surface area (Å²) in [4.78, 5) is 12.8. The van der Waals surface area contributed by atoms with Gasteiger partial charge in [0, 0.05) is 17.1 Å². The zero-order valence-electron chi connectivity index (χ0n) is 15.8. The molecule has 152 valence electrons. The Balaban J connectivity index is 1.69. The predicted molar refractivity (Wildman–Crippen MR) is 113 cm³/mol. The molecule has 0 radical (unpaired) electrons. The molecule has 1 fully saturated rings. The molecule has 1 amide bonds. The molecule has 1 unspecified atom stereocenters. The van der Waals surface area contributed by atoms with E-state index in [0.29, 0.717) is 38.2 Å². The molecule has 1 aromatic carbocycles. The van der Waals surface area contributed by atoms with E-state index < -0.39 is 16.1 Å². The highest BCUT2D eigenvalue weighted by Crippen LogP contribution is 2.24. The summed E-state index contributed by atoms with van der Waals surface area (Å²) in [6.07, 6.45) is 4.27. The Morgan fingerprint density at radius 2 is 2.04 bits per heavy atom. The highest BCUT2D eigenvalue weighted by atomic mass is 79.9. The van der Waals surface area contributed by atoms with Crippen molar-refractivity contribution in [3.63, 3.8) is 0 Å². The lowest BCUT2D eigenvalue weighted by atomic mass is 10.2. The van der Waals surface area contributed by atoms with Crippen LogP contribution in [0.3, 0.4) is 0 Å². The molecule has 9 heteroatoms. The fraction of sp³-hybridized carbons (Fsp3) is 0.474. The van der Waals surface area contributed by atoms with Crippen LogP contribution in [0.2, 0.25) is 0 Å². The molecule has 2 heterocycles. The van der Waals surface area contributed by atoms with Gasteiger partial charge in [0.25, 0.3) is 0 Å². The van der Waals surface area contributed by atoms with Crippen molar-refractivity contribution in [2.45, 2.75) is 45.2 Å². The van der Waals surface area contributed by atoms with Crippen LogP contribution < -0.4 is 5.32 Å². The van der Waals surface area contributed by atoms with E-state index in [2.05, 4.69) is 26.3 Å². The first-order valence-electron chi connectivity index (χ1n) is 9.47. The molecule has 1 aromatic heterocycles. The molecule has 0 bridgehead atoms. The maximum absolute atomic E-state index is 12.8. The first-order valence-corrected chi connectivity index (χ1v) is 11.9. The smallest absolute Gasteiger partial charge is 0.243 e. The van der Waals surface area contributed by atoms with Crippen LogP contribution >= 0.6 is 15.9 Å². The lowest BCUT2D eigenvalue weighted by molar-refractivity contribution is -0.119. The molecule has 0 aliphatic carbocycles. The third-order valence-electron chi connectivity index (χ3n) is 4.83. The van der Waals surface area contributed by atoms with Crippen LogP contribution in [0.15, 0.2) is 41.0 Å². The molecule has 1 aliphatic rings. The van der Waals surface area contributed by atoms with E-state index in [9.17, 15) is 13.2 Å². The van der Waals surface area contributed by atoms with Crippen molar-refractivity contribution in [2.24, 2.45) is 0 Å². The van der Waals surface area contributed by atoms with Crippen molar-refractivity contribution in [1.29, 1.82) is 0 Å². The van der Waals surface area contributed by atoms with Gasteiger partial charge in [-0.15, -0.1) is 0 Å². The topological polar surface area (TPSA) is 84.3 Å². The third-order valence-corrected chi connectivity index (χ3v) is 7.32. The maximum atomic E-state index is 12.8. The average Bonchev–Trinajstić information content (AvgIpc) is 3.32. The van der Waals surface area contributed by atoms with Crippen molar-refractivity contribution in [2.75, 3.05) is 17.6 Å². The molecule has 28 heavy (non-hydrogen) atoms. The van der Waals surface area contributed by atoms with Crippen LogP contribution in [0.1, 0.15) is 38.2 Å². The first kappa shape index (κ1) is 21.0. The van der Waals surface area contributed by atoms with E-state index in [1.165, 1.54) is 4.31 Å². The van der Waals surface area contributed by atoms with Crippen molar-refractivity contribution in [3.05, 3.63) is 46.6 Å². The zero-order chi connectivity index (χ0) is 20.1. The molecule has 2 aromatic rings. The standard InChI is InChI=1S/C19H25BrN4O3S/c1-2-3-13-28(26,27)24-12-4-5-17(24)19(25)22-18-10-11-21-23(18)14-15-6-8-16(20)9-7-15/h6-11,17H,2-5,12-14H2,1H3,(H,22,25). The molecule has 0 saturated carbocycles. The number of halogens is 1. The second-order valence-corrected chi connectivity index (χ2v) is 9.88. The second-order valence-electron chi connectivity index (χ2n) is 6.93. The van der Waals surface area contributed by atoms with Crippen molar-refractivity contribution in [3.8, 4) is 0 Å². The van der Waals surface area contributed by atoms with E-state index in [1.807, 2.05) is 31.2 Å². The molecule has 1 aliphatic heterocycles. The van der Waals surface area contributed by atoms with Gasteiger partial charge in [-0.25, -0.2) is 13.1 Å². The minimum Gasteiger partial charge on any atom is -0.309 e. The van der Waals surface area contributed by atoms with Gasteiger partial charge in [0.15, 0.2) is 0 Å². The number of hydrogen-bond donors (Lipinski definition) is 1. The fourth-order valence-electron chi connectivity index (χ4n) is 3.32. The van der Waals surface area contributed by atoms with Gasteiger partial charge in [0.2, 0.25) is 15.9 Å². The van der Waals surface area contributed by atoms with Gasteiger partial charge in [-0.2, -0.15) is 9.40 Å². The number of carbonyl (C=O) groups is 1. The Kier molecular flexibility index (Phi) is 6.90. The number of carbonyl (C=O) groups excluding carboxylic acids is 1. The van der Waals surface area contributed by atoms with Crippen LogP contribution in [0.25, 0.3) is 0 Å². The Morgan fingerprint density at radius 1 is 1.29 bits per heavy atom. The number of rotatable bonds is 8. The Hall–Kier alpha value is -1.71. The summed E-state index contributed by atoms with van der Waals surface area (Å²) in [5, 5.41) is 7.15. The Labute approximate surface area is 174 Å². The Morgan fingerprint density at radius 3 is 2.75 bits per heavy atom. The quantitative estimate of drug-likeness (QED) is 0.644. The number of nitrogens with zero attached hydrogens (tertiary/aromatic N) is 3. The number of unbranched alkanes of at least 4 members (excludes halogenated alkanes) is 1. The molecule has 0 spiro atoms. The summed E-state index contributed by atoms with van der Waals surface area (Å²) < 4.78 is 29.2. The number of aromatic nitrogens is 2. The van der Waals surface area contributed by atoms with Gasteiger partial charge in [-0.3, -0.25) is 4.79 Å². The van der Waals surface area contributed by atoms with E-state index in [-0.39, 0.29) is 11.7 Å². The molecular formula is C19H25BrN4O3S. The highest BCUT2D eigenvalue weighted by Gasteiger charge is 2.38. The van der Waals surface area contributed by atoms with Gasteiger partial charge < -0.3 is 5.32 Å². The zero-order valence-corrected chi connectivity index (χ0v) is 18.2. The number of anilines is 1. The van der Waals surface area contributed by atoms with Gasteiger partial charge in [-0.1, -0.05) is 41.4 Å². The van der Waals surface area contributed by atoms with Crippen molar-refractivity contribution >= 4 is 37.7 Å². The second kappa shape index (κ2) is 9.19. The summed E-state index contributed by atoms with van der Waals surface area (Å²) in [6, 6.07) is 8.94. The number of sulfonamides is 1. The summed E-state index contributed by atoms with van der Waals surface area (Å²) in [5.74, 6) is 0.357. The Bertz CT molecular complexity index is 912.